The smallest absolute Gasteiger partial charge is 0.373 e. The van der Waals surface area contributed by atoms with Crippen molar-refractivity contribution >= 4 is 68.7 Å². The van der Waals surface area contributed by atoms with Gasteiger partial charge in [-0.25, -0.2) is 0 Å². The van der Waals surface area contributed by atoms with E-state index in [1.54, 1.807) is 27.7 Å². The molecule has 26 nitrogen and oxygen atoms in total. The van der Waals surface area contributed by atoms with Crippen LogP contribution in [0.25, 0.3) is 0 Å². The molecule has 0 fully saturated rings. The van der Waals surface area contributed by atoms with Gasteiger partial charge in [0.25, 0.3) is 0 Å². The topological polar surface area (TPSA) is 489 Å². The first-order chi connectivity index (χ1) is 28.2. The van der Waals surface area contributed by atoms with Crippen LogP contribution in [0, 0.1) is 11.8 Å². The Labute approximate surface area is 358 Å². The zero-order valence-corrected chi connectivity index (χ0v) is 36.9. The summed E-state index contributed by atoms with van der Waals surface area (Å²) in [5, 5.41) is 55.3. The Morgan fingerprint density at radius 2 is 0.952 bits per heavy atom. The number of carbonyl (C=O) groups is 8. The van der Waals surface area contributed by atoms with E-state index >= 15 is 0 Å². The molecule has 362 valence electrons. The van der Waals surface area contributed by atoms with Crippen molar-refractivity contribution in [3.63, 3.8) is 0 Å². The third-order valence-electron chi connectivity index (χ3n) is 7.39. The molecule has 7 atom stereocenters. The number of amides is 2. The number of hydrogen-bond acceptors (Lipinski definition) is 15. The molecule has 0 aliphatic heterocycles. The average molecular weight is 942 g/mol. The summed E-state index contributed by atoms with van der Waals surface area (Å²) >= 11 is 0. The third-order valence-corrected chi connectivity index (χ3v) is 10.7. The van der Waals surface area contributed by atoms with E-state index in [0.717, 1.165) is 0 Å². The van der Waals surface area contributed by atoms with E-state index in [9.17, 15) is 52.4 Å². The third kappa shape index (κ3) is 55.4. The van der Waals surface area contributed by atoms with Gasteiger partial charge in [-0.15, -0.1) is 0 Å². The lowest BCUT2D eigenvalue weighted by atomic mass is 10.1. The summed E-state index contributed by atoms with van der Waals surface area (Å²) in [5.41, 5.74) is 15.7. The Balaban J connectivity index is -0.000000229. The second-order valence-electron chi connectivity index (χ2n) is 14.0. The first-order valence-electron chi connectivity index (χ1n) is 18.7. The lowest BCUT2D eigenvalue weighted by Gasteiger charge is -2.15. The van der Waals surface area contributed by atoms with Crippen LogP contribution in [-0.4, -0.2) is 148 Å². The zero-order chi connectivity index (χ0) is 49.8. The molecular formula is C34H65N5O21P2. The summed E-state index contributed by atoms with van der Waals surface area (Å²) in [6.07, 6.45) is 1.46. The number of aliphatic carboxylic acids is 6. The highest BCUT2D eigenvalue weighted by molar-refractivity contribution is 7.58. The van der Waals surface area contributed by atoms with Crippen molar-refractivity contribution in [3.05, 3.63) is 0 Å². The van der Waals surface area contributed by atoms with Crippen LogP contribution >= 0.6 is 15.0 Å². The van der Waals surface area contributed by atoms with Crippen LogP contribution in [-0.2, 0) is 57.1 Å². The number of carboxylic acid groups (broad SMARTS) is 6. The Kier molecular flexibility index (Phi) is 40.8. The molecule has 0 bridgehead atoms. The predicted octanol–water partition coefficient (Wildman–Crippen LogP) is -0.496. The summed E-state index contributed by atoms with van der Waals surface area (Å²) in [6, 6.07) is -3.00. The minimum Gasteiger partial charge on any atom is -0.481 e. The summed E-state index contributed by atoms with van der Waals surface area (Å²) in [6.45, 7) is 7.12. The number of carbonyl (C=O) groups excluding carboxylic acids is 4. The van der Waals surface area contributed by atoms with Crippen molar-refractivity contribution in [2.45, 2.75) is 122 Å². The van der Waals surface area contributed by atoms with Gasteiger partial charge in [-0.2, -0.15) is 9.59 Å². The molecule has 0 aliphatic rings. The molecule has 17 N–H and O–H groups in total. The standard InChI is InChI=1S/2C9H16N2O5.C9H20NO4P.C6H13O5P.CO2/c1-5(2-3-8(13)14)11-7(12)4-6(10)9(15)16;1-5(2-3-7(12)13)11-9(16)6(10)4-8(14)15;1-8(3-4-9(11)12)7-15(13,14)6-2-5-10;1-5(2-3-6(7)8)4-12(9,10)11;2-1-3/h5-6H,2-4,10H2,1H3,(H,11,12)(H,13,14)(H,15,16);5-6H,2-4,10H2,1H3,(H,11,16)(H,12,13)(H,14,15);8H,2-7,10H2,1H3,(H,11,12)(H,13,14);5H,2-4H2,1H3,(H,7,8)(H2,9,10,11);/t2*5-,6-;;;/m00.../s1. The van der Waals surface area contributed by atoms with Gasteiger partial charge in [-0.3, -0.25) is 47.5 Å². The van der Waals surface area contributed by atoms with Gasteiger partial charge in [-0.1, -0.05) is 13.8 Å². The van der Waals surface area contributed by atoms with Gasteiger partial charge >= 0.3 is 49.6 Å². The molecule has 0 radical (unpaired) electrons. The van der Waals surface area contributed by atoms with Crippen molar-refractivity contribution in [2.24, 2.45) is 29.0 Å². The summed E-state index contributed by atoms with van der Waals surface area (Å²) in [4.78, 5) is 127. The highest BCUT2D eigenvalue weighted by Gasteiger charge is 2.22. The fraction of sp³-hybridized carbons (Fsp3) is 0.735. The van der Waals surface area contributed by atoms with Gasteiger partial charge < -0.3 is 73.2 Å². The Hall–Kier alpha value is -4.64. The average Bonchev–Trinajstić information content (AvgIpc) is 3.10. The van der Waals surface area contributed by atoms with E-state index in [2.05, 4.69) is 10.6 Å². The fourth-order valence-electron chi connectivity index (χ4n) is 4.32. The van der Waals surface area contributed by atoms with Crippen LogP contribution < -0.4 is 27.8 Å². The normalized spacial score (nSPS) is 14.2. The maximum atomic E-state index is 11.6. The number of carboxylic acids is 6. The number of nitrogens with one attached hydrogen (secondary N) is 2. The number of nitrogens with two attached hydrogens (primary N) is 3. The minimum absolute atomic E-state index is 0.0327. The minimum atomic E-state index is -3.97. The SMILES string of the molecule is CC(CCC(=O)O)CP(=O)(O)CCCN.CC(CCC(=O)O)CP(=O)(O)O.C[C@@H](CCC(=O)O)NC(=O)C[C@H](N)C(=O)O.C[C@@H](CCC(=O)O)NC(=O)[C@@H](N)CC(=O)O.O=C=O. The van der Waals surface area contributed by atoms with Gasteiger partial charge in [0.1, 0.15) is 6.04 Å². The first kappa shape index (κ1) is 66.5. The molecule has 0 saturated carbocycles. The molecule has 0 rings (SSSR count). The van der Waals surface area contributed by atoms with E-state index in [4.69, 9.17) is 67.2 Å². The zero-order valence-electron chi connectivity index (χ0n) is 35.1. The van der Waals surface area contributed by atoms with Crippen LogP contribution in [0.15, 0.2) is 0 Å². The predicted molar refractivity (Wildman–Crippen MR) is 217 cm³/mol. The van der Waals surface area contributed by atoms with Gasteiger partial charge in [-0.05, 0) is 64.3 Å². The van der Waals surface area contributed by atoms with Crippen molar-refractivity contribution in [1.82, 2.24) is 10.6 Å². The van der Waals surface area contributed by atoms with Crippen LogP contribution in [0.5, 0.6) is 0 Å². The summed E-state index contributed by atoms with van der Waals surface area (Å²) in [7, 11) is -7.07. The molecule has 62 heavy (non-hydrogen) atoms. The fourth-order valence-corrected chi connectivity index (χ4v) is 7.33. The molecule has 0 aliphatic carbocycles. The molecule has 3 unspecified atom stereocenters. The van der Waals surface area contributed by atoms with Crippen LogP contribution in [0.3, 0.4) is 0 Å². The number of rotatable bonds is 27. The Morgan fingerprint density at radius 3 is 1.29 bits per heavy atom. The van der Waals surface area contributed by atoms with Gasteiger partial charge in [0.15, 0.2) is 0 Å². The largest absolute Gasteiger partial charge is 0.481 e. The Morgan fingerprint density at radius 1 is 0.581 bits per heavy atom. The monoisotopic (exact) mass is 941 g/mol. The van der Waals surface area contributed by atoms with E-state index in [1.165, 1.54) is 0 Å². The molecule has 0 spiro atoms. The molecule has 0 aromatic heterocycles. The Bertz CT molecular complexity index is 1510. The van der Waals surface area contributed by atoms with Crippen molar-refractivity contribution < 1.29 is 102 Å². The highest BCUT2D eigenvalue weighted by atomic mass is 31.2. The maximum absolute atomic E-state index is 11.6. The van der Waals surface area contributed by atoms with E-state index in [-0.39, 0.29) is 87.1 Å². The molecule has 0 aromatic rings. The van der Waals surface area contributed by atoms with Crippen molar-refractivity contribution in [2.75, 3.05) is 25.0 Å². The lowest BCUT2D eigenvalue weighted by Crippen LogP contribution is -2.45. The van der Waals surface area contributed by atoms with Crippen LogP contribution in [0.4, 0.5) is 0 Å². The quantitative estimate of drug-likeness (QED) is 0.0462. The van der Waals surface area contributed by atoms with Crippen molar-refractivity contribution in [1.29, 1.82) is 0 Å². The van der Waals surface area contributed by atoms with E-state index in [0.29, 0.717) is 32.2 Å². The van der Waals surface area contributed by atoms with E-state index < -0.39 is 81.1 Å². The second kappa shape index (κ2) is 38.1. The van der Waals surface area contributed by atoms with Gasteiger partial charge in [0.05, 0.1) is 25.0 Å². The second-order valence-corrected chi connectivity index (χ2v) is 18.2. The highest BCUT2D eigenvalue weighted by Crippen LogP contribution is 2.43. The molecular weight excluding hydrogens is 876 g/mol. The lowest BCUT2D eigenvalue weighted by molar-refractivity contribution is -0.192. The molecule has 28 heteroatoms. The van der Waals surface area contributed by atoms with E-state index in [1.807, 2.05) is 0 Å². The number of hydrogen-bond donors (Lipinski definition) is 14. The summed E-state index contributed by atoms with van der Waals surface area (Å²) in [5.74, 6) is -7.44. The van der Waals surface area contributed by atoms with Crippen LogP contribution in [0.1, 0.15) is 98.3 Å². The summed E-state index contributed by atoms with van der Waals surface area (Å²) < 4.78 is 22.0. The first-order valence-corrected chi connectivity index (χ1v) is 22.6. The van der Waals surface area contributed by atoms with Crippen LogP contribution in [0.2, 0.25) is 0 Å². The molecule has 0 aromatic carbocycles. The molecule has 0 heterocycles. The molecule has 2 amide bonds. The molecule has 0 saturated heterocycles. The maximum Gasteiger partial charge on any atom is 0.373 e. The van der Waals surface area contributed by atoms with Crippen molar-refractivity contribution in [3.8, 4) is 0 Å². The van der Waals surface area contributed by atoms with Gasteiger partial charge in [0.2, 0.25) is 19.2 Å². The van der Waals surface area contributed by atoms with Gasteiger partial charge in [0, 0.05) is 50.1 Å².